The molecule has 278 valence electrons. The maximum Gasteiger partial charge on any atom is 0.137 e. The first-order valence-corrected chi connectivity index (χ1v) is 19.7. The lowest BCUT2D eigenvalue weighted by molar-refractivity contribution is 0.561. The summed E-state index contributed by atoms with van der Waals surface area (Å²) < 4.78 is 17.5. The smallest absolute Gasteiger partial charge is 0.137 e. The van der Waals surface area contributed by atoms with Gasteiger partial charge >= 0.3 is 0 Å². The lowest BCUT2D eigenvalue weighted by Crippen LogP contribution is -2.27. The molecule has 58 heavy (non-hydrogen) atoms. The van der Waals surface area contributed by atoms with Crippen molar-refractivity contribution >= 4 is 87.5 Å². The highest BCUT2D eigenvalue weighted by molar-refractivity contribution is 6.26. The van der Waals surface area contributed by atoms with Gasteiger partial charge in [-0.2, -0.15) is 10.5 Å². The van der Waals surface area contributed by atoms with Crippen LogP contribution in [0.5, 0.6) is 0 Å². The number of hydrogen-bond acceptors (Lipinski definition) is 4. The second kappa shape index (κ2) is 11.6. The molecule has 4 heterocycles. The third kappa shape index (κ3) is 4.40. The number of aromatic nitrogens is 2. The van der Waals surface area contributed by atoms with Crippen molar-refractivity contribution in [1.82, 2.24) is 9.13 Å². The Morgan fingerprint density at radius 3 is 1.21 bits per heavy atom. The van der Waals surface area contributed by atoms with Crippen LogP contribution in [0.15, 0.2) is 130 Å². The van der Waals surface area contributed by atoms with Gasteiger partial charge in [0.05, 0.1) is 55.3 Å². The molecule has 0 atom stereocenters. The summed E-state index contributed by atoms with van der Waals surface area (Å²) in [5, 5.41) is 31.7. The van der Waals surface area contributed by atoms with Gasteiger partial charge in [0.25, 0.3) is 0 Å². The zero-order valence-corrected chi connectivity index (χ0v) is 33.2. The van der Waals surface area contributed by atoms with Gasteiger partial charge in [-0.05, 0) is 59.4 Å². The van der Waals surface area contributed by atoms with E-state index < -0.39 is 10.8 Å². The third-order valence-corrected chi connectivity index (χ3v) is 12.0. The fourth-order valence-corrected chi connectivity index (χ4v) is 9.84. The Balaban J connectivity index is 1.43. The summed E-state index contributed by atoms with van der Waals surface area (Å²) in [6.07, 6.45) is 0. The highest BCUT2D eigenvalue weighted by Crippen LogP contribution is 2.50. The summed E-state index contributed by atoms with van der Waals surface area (Å²) in [7, 11) is 0. The van der Waals surface area contributed by atoms with Crippen LogP contribution in [0.4, 0.5) is 0 Å². The van der Waals surface area contributed by atoms with Crippen LogP contribution in [0.1, 0.15) is 63.8 Å². The van der Waals surface area contributed by atoms with Crippen molar-refractivity contribution in [1.29, 1.82) is 10.5 Å². The van der Waals surface area contributed by atoms with Crippen molar-refractivity contribution in [3.8, 4) is 23.5 Å². The first-order valence-electron chi connectivity index (χ1n) is 19.7. The Labute approximate surface area is 334 Å². The van der Waals surface area contributed by atoms with Gasteiger partial charge in [0.15, 0.2) is 0 Å². The fourth-order valence-electron chi connectivity index (χ4n) is 9.84. The Morgan fingerprint density at radius 1 is 0.414 bits per heavy atom. The average molecular weight is 751 g/mol. The summed E-state index contributed by atoms with van der Waals surface area (Å²) in [5.41, 5.74) is 9.94. The first-order chi connectivity index (χ1) is 28.0. The molecule has 0 aliphatic rings. The molecule has 11 aromatic rings. The van der Waals surface area contributed by atoms with E-state index in [2.05, 4.69) is 130 Å². The normalized spacial score (nSPS) is 12.6. The fraction of sp³-hybridized carbons (Fsp3) is 0.154. The minimum absolute atomic E-state index is 0.467. The Hall–Kier alpha value is -7.28. The van der Waals surface area contributed by atoms with Crippen molar-refractivity contribution in [3.05, 3.63) is 144 Å². The van der Waals surface area contributed by atoms with E-state index in [0.29, 0.717) is 16.8 Å². The quantitative estimate of drug-likeness (QED) is 0.176. The molecule has 4 aromatic heterocycles. The molecule has 6 nitrogen and oxygen atoms in total. The Morgan fingerprint density at radius 2 is 0.793 bits per heavy atom. The summed E-state index contributed by atoms with van der Waals surface area (Å²) in [4.78, 5) is 0. The van der Waals surface area contributed by atoms with Gasteiger partial charge in [-0.15, -0.1) is 0 Å². The molecule has 6 heteroatoms. The summed E-state index contributed by atoms with van der Waals surface area (Å²) in [6, 6.07) is 46.9. The van der Waals surface area contributed by atoms with E-state index in [1.54, 1.807) is 0 Å². The molecular formula is C52H38N4O2. The van der Waals surface area contributed by atoms with Crippen LogP contribution in [0, 0.1) is 22.7 Å². The molecule has 0 fully saturated rings. The van der Waals surface area contributed by atoms with Crippen LogP contribution in [0.3, 0.4) is 0 Å². The Kier molecular flexibility index (Phi) is 6.82. The van der Waals surface area contributed by atoms with E-state index in [9.17, 15) is 10.5 Å². The molecule has 0 spiro atoms. The molecule has 0 bridgehead atoms. The topological polar surface area (TPSA) is 83.7 Å². The van der Waals surface area contributed by atoms with E-state index in [4.69, 9.17) is 8.83 Å². The first kappa shape index (κ1) is 34.0. The summed E-state index contributed by atoms with van der Waals surface area (Å²) in [6.45, 7) is 13.1. The second-order valence-electron chi connectivity index (χ2n) is 17.5. The van der Waals surface area contributed by atoms with Crippen molar-refractivity contribution in [2.24, 2.45) is 0 Å². The van der Waals surface area contributed by atoms with Gasteiger partial charge in [-0.3, -0.25) is 0 Å². The van der Waals surface area contributed by atoms with Gasteiger partial charge in [0.1, 0.15) is 34.5 Å². The number of benzene rings is 7. The molecule has 0 saturated heterocycles. The summed E-state index contributed by atoms with van der Waals surface area (Å²) in [5.74, 6) is 0. The molecule has 0 aliphatic carbocycles. The zero-order valence-electron chi connectivity index (χ0n) is 33.2. The van der Waals surface area contributed by atoms with Crippen LogP contribution < -0.4 is 0 Å². The number of fused-ring (bicyclic) bond motifs is 14. The zero-order chi connectivity index (χ0) is 39.8. The van der Waals surface area contributed by atoms with E-state index in [1.807, 2.05) is 54.6 Å². The number of para-hydroxylation sites is 4. The number of hydrogen-bond donors (Lipinski definition) is 0. The SMILES string of the molecule is CC(C)(C)c1c(C#N)c(-n2c3ccccc3c3ccc4oc5ccccc5c4c32)c(C#N)c(C(C)(C)C)c1-n1c2ccccc2c2ccc3oc4ccccc4c3c21. The van der Waals surface area contributed by atoms with Crippen LogP contribution >= 0.6 is 0 Å². The highest BCUT2D eigenvalue weighted by Gasteiger charge is 2.38. The lowest BCUT2D eigenvalue weighted by atomic mass is 9.73. The third-order valence-electron chi connectivity index (χ3n) is 12.0. The highest BCUT2D eigenvalue weighted by atomic mass is 16.3. The van der Waals surface area contributed by atoms with Crippen molar-refractivity contribution in [2.75, 3.05) is 0 Å². The van der Waals surface area contributed by atoms with E-state index in [-0.39, 0.29) is 0 Å². The maximum atomic E-state index is 11.8. The molecule has 0 saturated carbocycles. The van der Waals surface area contributed by atoms with Crippen molar-refractivity contribution in [3.63, 3.8) is 0 Å². The van der Waals surface area contributed by atoms with Crippen LogP contribution in [-0.2, 0) is 10.8 Å². The van der Waals surface area contributed by atoms with Gasteiger partial charge in [-0.25, -0.2) is 0 Å². The average Bonchev–Trinajstić information content (AvgIpc) is 3.96. The second-order valence-corrected chi connectivity index (χ2v) is 17.5. The maximum absolute atomic E-state index is 11.8. The number of nitrogens with zero attached hydrogens (tertiary/aromatic N) is 4. The molecule has 0 aliphatic heterocycles. The van der Waals surface area contributed by atoms with Crippen molar-refractivity contribution in [2.45, 2.75) is 52.4 Å². The van der Waals surface area contributed by atoms with Gasteiger partial charge < -0.3 is 18.0 Å². The summed E-state index contributed by atoms with van der Waals surface area (Å²) >= 11 is 0. The predicted molar refractivity (Wildman–Crippen MR) is 237 cm³/mol. The predicted octanol–water partition coefficient (Wildman–Crippen LogP) is 14.0. The van der Waals surface area contributed by atoms with Gasteiger partial charge in [-0.1, -0.05) is 114 Å². The molecule has 0 N–H and O–H groups in total. The molecule has 7 aromatic carbocycles. The lowest BCUT2D eigenvalue weighted by Gasteiger charge is -2.35. The minimum atomic E-state index is -0.566. The van der Waals surface area contributed by atoms with Crippen LogP contribution in [-0.4, -0.2) is 9.13 Å². The molecule has 11 rings (SSSR count). The van der Waals surface area contributed by atoms with Crippen LogP contribution in [0.25, 0.3) is 98.9 Å². The molecule has 0 amide bonds. The Bertz CT molecular complexity index is 3620. The van der Waals surface area contributed by atoms with Crippen molar-refractivity contribution < 1.29 is 8.83 Å². The number of furan rings is 2. The van der Waals surface area contributed by atoms with Crippen LogP contribution in [0.2, 0.25) is 0 Å². The molecule has 0 radical (unpaired) electrons. The van der Waals surface area contributed by atoms with E-state index in [0.717, 1.165) is 104 Å². The van der Waals surface area contributed by atoms with E-state index >= 15 is 0 Å². The largest absolute Gasteiger partial charge is 0.456 e. The van der Waals surface area contributed by atoms with E-state index in [1.165, 1.54) is 0 Å². The standard InChI is InChI=1S/C52H38N4O2/c1-51(2,3)45-35(27-53)47(55-37-19-11-7-15-29(37)31-23-25-41-43(48(31)55)33-17-9-13-21-39(33)57-41)36(28-54)46(52(4,5)6)50(45)56-38-20-12-8-16-30(38)32-24-26-42-44(49(32)56)34-18-10-14-22-40(34)58-42/h7-26H,1-6H3. The molecule has 0 unspecified atom stereocenters. The number of rotatable bonds is 2. The van der Waals surface area contributed by atoms with Gasteiger partial charge in [0, 0.05) is 43.4 Å². The minimum Gasteiger partial charge on any atom is -0.456 e. The van der Waals surface area contributed by atoms with Gasteiger partial charge in [0.2, 0.25) is 0 Å². The number of nitriles is 2. The molecular weight excluding hydrogens is 713 g/mol. The monoisotopic (exact) mass is 750 g/mol.